The molecule has 5 heteroatoms. The van der Waals surface area contributed by atoms with Crippen LogP contribution >= 0.6 is 0 Å². The van der Waals surface area contributed by atoms with Crippen molar-refractivity contribution in [3.05, 3.63) is 35.3 Å². The highest BCUT2D eigenvalue weighted by Crippen LogP contribution is 2.36. The summed E-state index contributed by atoms with van der Waals surface area (Å²) in [6, 6.07) is 0. The molecule has 0 aromatic heterocycles. The van der Waals surface area contributed by atoms with Crippen molar-refractivity contribution in [2.24, 2.45) is 0 Å². The zero-order valence-corrected chi connectivity index (χ0v) is 11.0. The lowest BCUT2D eigenvalue weighted by Gasteiger charge is -2.34. The van der Waals surface area contributed by atoms with Crippen LogP contribution in [0.25, 0.3) is 0 Å². The fraction of sp³-hybridized carbons (Fsp3) is 0.462. The van der Waals surface area contributed by atoms with Gasteiger partial charge in [0.2, 0.25) is 0 Å². The van der Waals surface area contributed by atoms with Gasteiger partial charge in [-0.1, -0.05) is 6.08 Å². The van der Waals surface area contributed by atoms with E-state index in [0.717, 1.165) is 11.6 Å². The molecule has 1 aliphatic rings. The predicted octanol–water partition coefficient (Wildman–Crippen LogP) is 1.87. The molecule has 0 heterocycles. The van der Waals surface area contributed by atoms with Gasteiger partial charge in [0.1, 0.15) is 5.60 Å². The molecule has 0 saturated heterocycles. The van der Waals surface area contributed by atoms with Crippen molar-refractivity contribution in [1.29, 1.82) is 0 Å². The maximum Gasteiger partial charge on any atom is 0.328 e. The van der Waals surface area contributed by atoms with Gasteiger partial charge in [0.15, 0.2) is 11.5 Å². The Morgan fingerprint density at radius 1 is 1.39 bits per heavy atom. The highest BCUT2D eigenvalue weighted by Gasteiger charge is 2.37. The number of aliphatic carboxylic acids is 1. The molecule has 0 aliphatic heterocycles. The van der Waals surface area contributed by atoms with E-state index in [9.17, 15) is 4.79 Å². The minimum Gasteiger partial charge on any atom is -0.494 e. The second-order valence-electron chi connectivity index (χ2n) is 4.10. The third kappa shape index (κ3) is 2.92. The first-order valence-electron chi connectivity index (χ1n) is 5.46. The van der Waals surface area contributed by atoms with Gasteiger partial charge in [0.05, 0.1) is 14.2 Å². The molecule has 1 aliphatic carbocycles. The van der Waals surface area contributed by atoms with Gasteiger partial charge in [0, 0.05) is 19.6 Å². The molecule has 0 bridgehead atoms. The topological polar surface area (TPSA) is 65.0 Å². The minimum absolute atomic E-state index is 0.517. The largest absolute Gasteiger partial charge is 0.494 e. The highest BCUT2D eigenvalue weighted by atomic mass is 16.5. The molecule has 0 radical (unpaired) electrons. The van der Waals surface area contributed by atoms with Crippen LogP contribution in [0.5, 0.6) is 0 Å². The fourth-order valence-corrected chi connectivity index (χ4v) is 1.93. The molecule has 0 fully saturated rings. The molecule has 0 aromatic rings. The molecule has 0 amide bonds. The minimum atomic E-state index is -0.990. The Labute approximate surface area is 106 Å². The number of rotatable bonds is 5. The number of allylic oxidation sites excluding steroid dienone is 2. The summed E-state index contributed by atoms with van der Waals surface area (Å²) in [5, 5.41) is 8.64. The lowest BCUT2D eigenvalue weighted by Crippen LogP contribution is -2.34. The fourth-order valence-electron chi connectivity index (χ4n) is 1.93. The summed E-state index contributed by atoms with van der Waals surface area (Å²) >= 11 is 0. The lowest BCUT2D eigenvalue weighted by atomic mass is 9.88. The molecule has 1 unspecified atom stereocenters. The number of hydrogen-bond donors (Lipinski definition) is 1. The SMILES string of the molecule is COC1=C(OC)C(C)(OC)CC(C=CC(=O)O)=C1. The van der Waals surface area contributed by atoms with E-state index in [1.807, 2.05) is 6.92 Å². The van der Waals surface area contributed by atoms with E-state index >= 15 is 0 Å². The van der Waals surface area contributed by atoms with Crippen molar-refractivity contribution < 1.29 is 24.1 Å². The summed E-state index contributed by atoms with van der Waals surface area (Å²) < 4.78 is 16.0. The third-order valence-corrected chi connectivity index (χ3v) is 2.88. The second kappa shape index (κ2) is 5.73. The van der Waals surface area contributed by atoms with Gasteiger partial charge in [0.25, 0.3) is 0 Å². The van der Waals surface area contributed by atoms with Crippen molar-refractivity contribution in [3.8, 4) is 0 Å². The molecule has 100 valence electrons. The van der Waals surface area contributed by atoms with Crippen molar-refractivity contribution in [3.63, 3.8) is 0 Å². The molecule has 1 rings (SSSR count). The Balaban J connectivity index is 3.16. The van der Waals surface area contributed by atoms with Crippen LogP contribution in [0.3, 0.4) is 0 Å². The van der Waals surface area contributed by atoms with Gasteiger partial charge in [-0.3, -0.25) is 0 Å². The average Bonchev–Trinajstić information content (AvgIpc) is 2.35. The van der Waals surface area contributed by atoms with E-state index in [1.165, 1.54) is 13.2 Å². The Kier molecular flexibility index (Phi) is 4.55. The maximum absolute atomic E-state index is 10.5. The second-order valence-corrected chi connectivity index (χ2v) is 4.10. The first-order chi connectivity index (χ1) is 8.46. The smallest absolute Gasteiger partial charge is 0.328 e. The van der Waals surface area contributed by atoms with Crippen molar-refractivity contribution in [1.82, 2.24) is 0 Å². The van der Waals surface area contributed by atoms with Crippen LogP contribution in [0.1, 0.15) is 13.3 Å². The van der Waals surface area contributed by atoms with E-state index in [2.05, 4.69) is 0 Å². The zero-order chi connectivity index (χ0) is 13.8. The van der Waals surface area contributed by atoms with Crippen LogP contribution in [-0.4, -0.2) is 38.0 Å². The van der Waals surface area contributed by atoms with Crippen LogP contribution in [0.15, 0.2) is 35.3 Å². The summed E-state index contributed by atoms with van der Waals surface area (Å²) in [6.45, 7) is 1.87. The number of carboxylic acid groups (broad SMARTS) is 1. The van der Waals surface area contributed by atoms with E-state index in [1.54, 1.807) is 20.3 Å². The van der Waals surface area contributed by atoms with E-state index in [0.29, 0.717) is 17.9 Å². The normalized spacial score (nSPS) is 24.1. The maximum atomic E-state index is 10.5. The molecule has 18 heavy (non-hydrogen) atoms. The summed E-state index contributed by atoms with van der Waals surface area (Å²) in [5.74, 6) is 0.147. The first kappa shape index (κ1) is 14.3. The first-order valence-corrected chi connectivity index (χ1v) is 5.46. The van der Waals surface area contributed by atoms with Crippen LogP contribution < -0.4 is 0 Å². The van der Waals surface area contributed by atoms with Gasteiger partial charge < -0.3 is 19.3 Å². The van der Waals surface area contributed by atoms with Crippen LogP contribution in [-0.2, 0) is 19.0 Å². The number of methoxy groups -OCH3 is 3. The standard InChI is InChI=1S/C13H18O5/c1-13(18-4)8-9(5-6-11(14)15)7-10(16-2)12(13)17-3/h5-7H,8H2,1-4H3,(H,14,15). The van der Waals surface area contributed by atoms with Crippen molar-refractivity contribution in [2.75, 3.05) is 21.3 Å². The number of ether oxygens (including phenoxy) is 3. The Hall–Kier alpha value is -1.75. The van der Waals surface area contributed by atoms with Gasteiger partial charge >= 0.3 is 5.97 Å². The quantitative estimate of drug-likeness (QED) is 0.759. The average molecular weight is 254 g/mol. The molecule has 1 N–H and O–H groups in total. The monoisotopic (exact) mass is 254 g/mol. The summed E-state index contributed by atoms with van der Waals surface area (Å²) in [5.41, 5.74) is 0.145. The van der Waals surface area contributed by atoms with Gasteiger partial charge in [-0.25, -0.2) is 4.79 Å². The summed E-state index contributed by atoms with van der Waals surface area (Å²) in [6.07, 6.45) is 4.89. The molecule has 0 aromatic carbocycles. The lowest BCUT2D eigenvalue weighted by molar-refractivity contribution is -0.131. The number of carbonyl (C=O) groups is 1. The highest BCUT2D eigenvalue weighted by molar-refractivity contribution is 5.80. The van der Waals surface area contributed by atoms with Gasteiger partial charge in [-0.15, -0.1) is 0 Å². The van der Waals surface area contributed by atoms with Crippen LogP contribution in [0.2, 0.25) is 0 Å². The molecule has 0 spiro atoms. The van der Waals surface area contributed by atoms with Gasteiger partial charge in [-0.2, -0.15) is 0 Å². The Morgan fingerprint density at radius 3 is 2.50 bits per heavy atom. The number of hydrogen-bond acceptors (Lipinski definition) is 4. The molecular formula is C13H18O5. The van der Waals surface area contributed by atoms with Crippen LogP contribution in [0, 0.1) is 0 Å². The molecule has 5 nitrogen and oxygen atoms in total. The van der Waals surface area contributed by atoms with E-state index in [4.69, 9.17) is 19.3 Å². The third-order valence-electron chi connectivity index (χ3n) is 2.88. The Morgan fingerprint density at radius 2 is 2.06 bits per heavy atom. The molecule has 0 saturated carbocycles. The molecular weight excluding hydrogens is 236 g/mol. The molecule has 1 atom stereocenters. The number of carboxylic acids is 1. The van der Waals surface area contributed by atoms with E-state index in [-0.39, 0.29) is 0 Å². The van der Waals surface area contributed by atoms with E-state index < -0.39 is 11.6 Å². The van der Waals surface area contributed by atoms with Crippen LogP contribution in [0.4, 0.5) is 0 Å². The summed E-state index contributed by atoms with van der Waals surface area (Å²) in [4.78, 5) is 10.5. The summed E-state index contributed by atoms with van der Waals surface area (Å²) in [7, 11) is 4.67. The van der Waals surface area contributed by atoms with Crippen molar-refractivity contribution >= 4 is 5.97 Å². The zero-order valence-electron chi connectivity index (χ0n) is 11.0. The van der Waals surface area contributed by atoms with Gasteiger partial charge in [-0.05, 0) is 18.6 Å². The predicted molar refractivity (Wildman–Crippen MR) is 65.9 cm³/mol. The Bertz CT molecular complexity index is 419. The van der Waals surface area contributed by atoms with Crippen molar-refractivity contribution in [2.45, 2.75) is 18.9 Å².